The maximum atomic E-state index is 11.9. The second-order valence-electron chi connectivity index (χ2n) is 5.31. The number of carbonyl (C=O) groups is 1. The third-order valence-electron chi connectivity index (χ3n) is 3.65. The molecule has 1 aliphatic rings. The van der Waals surface area contributed by atoms with Crippen molar-refractivity contribution in [1.82, 2.24) is 0 Å². The average molecular weight is 246 g/mol. The van der Waals surface area contributed by atoms with Gasteiger partial charge < -0.3 is 4.74 Å². The maximum absolute atomic E-state index is 11.9. The predicted octanol–water partition coefficient (Wildman–Crippen LogP) is 3.77. The van der Waals surface area contributed by atoms with E-state index in [0.29, 0.717) is 5.92 Å². The molecular weight excluding hydrogens is 224 g/mol. The summed E-state index contributed by atoms with van der Waals surface area (Å²) >= 11 is 0. The third-order valence-corrected chi connectivity index (χ3v) is 3.65. The Hall–Kier alpha value is -1.15. The summed E-state index contributed by atoms with van der Waals surface area (Å²) in [6.45, 7) is 2.97. The molecule has 1 aromatic rings. The lowest BCUT2D eigenvalue weighted by Gasteiger charge is -2.21. The van der Waals surface area contributed by atoms with Gasteiger partial charge in [-0.2, -0.15) is 0 Å². The van der Waals surface area contributed by atoms with Gasteiger partial charge in [0.1, 0.15) is 6.61 Å². The number of rotatable bonds is 5. The number of aryl methyl sites for hydroxylation is 1. The van der Waals surface area contributed by atoms with Crippen LogP contribution in [0, 0.1) is 12.8 Å². The van der Waals surface area contributed by atoms with Crippen LogP contribution in [0.3, 0.4) is 0 Å². The first-order chi connectivity index (χ1) is 8.75. The van der Waals surface area contributed by atoms with Gasteiger partial charge in [0.25, 0.3) is 0 Å². The molecule has 18 heavy (non-hydrogen) atoms. The van der Waals surface area contributed by atoms with E-state index in [1.165, 1.54) is 32.1 Å². The monoisotopic (exact) mass is 246 g/mol. The molecule has 0 atom stereocenters. The van der Waals surface area contributed by atoms with E-state index in [1.807, 2.05) is 31.2 Å². The lowest BCUT2D eigenvalue weighted by atomic mass is 9.90. The van der Waals surface area contributed by atoms with Crippen molar-refractivity contribution in [1.29, 1.82) is 0 Å². The molecular formula is C16H22O2. The summed E-state index contributed by atoms with van der Waals surface area (Å²) in [5, 5.41) is 0. The van der Waals surface area contributed by atoms with Gasteiger partial charge in [-0.15, -0.1) is 0 Å². The molecule has 1 aliphatic carbocycles. The lowest BCUT2D eigenvalue weighted by molar-refractivity contribution is 0.0628. The molecule has 1 fully saturated rings. The first kappa shape index (κ1) is 13.3. The van der Waals surface area contributed by atoms with Crippen LogP contribution in [0.25, 0.3) is 0 Å². The van der Waals surface area contributed by atoms with Crippen molar-refractivity contribution in [3.63, 3.8) is 0 Å². The van der Waals surface area contributed by atoms with Gasteiger partial charge >= 0.3 is 0 Å². The van der Waals surface area contributed by atoms with Crippen LogP contribution in [-0.4, -0.2) is 19.0 Å². The normalized spacial score (nSPS) is 16.7. The second kappa shape index (κ2) is 6.69. The van der Waals surface area contributed by atoms with Gasteiger partial charge in [-0.3, -0.25) is 4.79 Å². The van der Waals surface area contributed by atoms with Gasteiger partial charge in [0, 0.05) is 5.56 Å². The first-order valence-electron chi connectivity index (χ1n) is 6.93. The van der Waals surface area contributed by atoms with E-state index < -0.39 is 0 Å². The summed E-state index contributed by atoms with van der Waals surface area (Å²) in [5.74, 6) is 0.763. The van der Waals surface area contributed by atoms with Crippen molar-refractivity contribution in [3.8, 4) is 0 Å². The predicted molar refractivity (Wildman–Crippen MR) is 72.9 cm³/mol. The highest BCUT2D eigenvalue weighted by Crippen LogP contribution is 2.23. The molecule has 0 saturated heterocycles. The Labute approximate surface area is 109 Å². The van der Waals surface area contributed by atoms with E-state index in [-0.39, 0.29) is 12.4 Å². The van der Waals surface area contributed by atoms with Gasteiger partial charge in [0.2, 0.25) is 0 Å². The molecule has 0 unspecified atom stereocenters. The van der Waals surface area contributed by atoms with E-state index in [9.17, 15) is 4.79 Å². The van der Waals surface area contributed by atoms with Crippen molar-refractivity contribution < 1.29 is 9.53 Å². The standard InChI is InChI=1S/C16H22O2/c1-13-6-5-9-15(10-13)16(17)12-18-11-14-7-3-2-4-8-14/h5-6,9-10,14H,2-4,7-8,11-12H2,1H3. The van der Waals surface area contributed by atoms with Gasteiger partial charge in [-0.1, -0.05) is 43.0 Å². The summed E-state index contributed by atoms with van der Waals surface area (Å²) in [6, 6.07) is 7.70. The quantitative estimate of drug-likeness (QED) is 0.739. The van der Waals surface area contributed by atoms with Crippen LogP contribution in [0.1, 0.15) is 48.0 Å². The zero-order valence-corrected chi connectivity index (χ0v) is 11.2. The summed E-state index contributed by atoms with van der Waals surface area (Å²) in [6.07, 6.45) is 6.52. The molecule has 0 aromatic heterocycles. The molecule has 98 valence electrons. The average Bonchev–Trinajstić information content (AvgIpc) is 2.40. The number of hydrogen-bond acceptors (Lipinski definition) is 2. The lowest BCUT2D eigenvalue weighted by Crippen LogP contribution is -2.17. The Morgan fingerprint density at radius 2 is 2.06 bits per heavy atom. The van der Waals surface area contributed by atoms with Crippen molar-refractivity contribution in [2.45, 2.75) is 39.0 Å². The van der Waals surface area contributed by atoms with Crippen LogP contribution in [0.15, 0.2) is 24.3 Å². The molecule has 0 radical (unpaired) electrons. The van der Waals surface area contributed by atoms with E-state index in [1.54, 1.807) is 0 Å². The molecule has 2 nitrogen and oxygen atoms in total. The Bertz CT molecular complexity index is 392. The number of hydrogen-bond donors (Lipinski definition) is 0. The van der Waals surface area contributed by atoms with Crippen molar-refractivity contribution in [3.05, 3.63) is 35.4 Å². The highest BCUT2D eigenvalue weighted by molar-refractivity contribution is 5.97. The van der Waals surface area contributed by atoms with Gasteiger partial charge in [0.15, 0.2) is 5.78 Å². The minimum Gasteiger partial charge on any atom is -0.373 e. The minimum atomic E-state index is 0.0921. The zero-order chi connectivity index (χ0) is 12.8. The first-order valence-corrected chi connectivity index (χ1v) is 6.93. The summed E-state index contributed by atoms with van der Waals surface area (Å²) in [4.78, 5) is 11.9. The van der Waals surface area contributed by atoms with Crippen LogP contribution in [0.2, 0.25) is 0 Å². The molecule has 1 saturated carbocycles. The number of Topliss-reactive ketones (excluding diaryl/α,β-unsaturated/α-hetero) is 1. The summed E-state index contributed by atoms with van der Waals surface area (Å²) in [7, 11) is 0. The molecule has 0 spiro atoms. The van der Waals surface area contributed by atoms with E-state index in [4.69, 9.17) is 4.74 Å². The van der Waals surface area contributed by atoms with E-state index in [0.717, 1.165) is 17.7 Å². The molecule has 0 N–H and O–H groups in total. The summed E-state index contributed by atoms with van der Waals surface area (Å²) in [5.41, 5.74) is 1.88. The van der Waals surface area contributed by atoms with E-state index in [2.05, 4.69) is 0 Å². The molecule has 1 aromatic carbocycles. The van der Waals surface area contributed by atoms with Crippen molar-refractivity contribution >= 4 is 5.78 Å². The van der Waals surface area contributed by atoms with Crippen LogP contribution in [-0.2, 0) is 4.74 Å². The Morgan fingerprint density at radius 1 is 1.28 bits per heavy atom. The Kier molecular flexibility index (Phi) is 4.94. The fraction of sp³-hybridized carbons (Fsp3) is 0.562. The number of ketones is 1. The van der Waals surface area contributed by atoms with Crippen LogP contribution in [0.5, 0.6) is 0 Å². The molecule has 0 amide bonds. The molecule has 0 bridgehead atoms. The number of carbonyl (C=O) groups excluding carboxylic acids is 1. The summed E-state index contributed by atoms with van der Waals surface area (Å²) < 4.78 is 5.58. The fourth-order valence-corrected chi connectivity index (χ4v) is 2.57. The molecule has 2 heteroatoms. The molecule has 2 rings (SSSR count). The van der Waals surface area contributed by atoms with Gasteiger partial charge in [0.05, 0.1) is 6.61 Å². The Balaban J connectivity index is 1.74. The largest absolute Gasteiger partial charge is 0.373 e. The Morgan fingerprint density at radius 3 is 2.78 bits per heavy atom. The number of ether oxygens (including phenoxy) is 1. The molecule has 0 heterocycles. The minimum absolute atomic E-state index is 0.0921. The SMILES string of the molecule is Cc1cccc(C(=O)COCC2CCCCC2)c1. The smallest absolute Gasteiger partial charge is 0.188 e. The zero-order valence-electron chi connectivity index (χ0n) is 11.2. The van der Waals surface area contributed by atoms with Gasteiger partial charge in [-0.25, -0.2) is 0 Å². The number of benzene rings is 1. The maximum Gasteiger partial charge on any atom is 0.188 e. The van der Waals surface area contributed by atoms with Crippen LogP contribution < -0.4 is 0 Å². The van der Waals surface area contributed by atoms with Crippen molar-refractivity contribution in [2.24, 2.45) is 5.92 Å². The van der Waals surface area contributed by atoms with Crippen LogP contribution >= 0.6 is 0 Å². The highest BCUT2D eigenvalue weighted by Gasteiger charge is 2.14. The third kappa shape index (κ3) is 3.95. The van der Waals surface area contributed by atoms with Gasteiger partial charge in [-0.05, 0) is 31.7 Å². The molecule has 0 aliphatic heterocycles. The topological polar surface area (TPSA) is 26.3 Å². The fourth-order valence-electron chi connectivity index (χ4n) is 2.57. The van der Waals surface area contributed by atoms with Crippen molar-refractivity contribution in [2.75, 3.05) is 13.2 Å². The van der Waals surface area contributed by atoms with Crippen LogP contribution in [0.4, 0.5) is 0 Å². The second-order valence-corrected chi connectivity index (χ2v) is 5.31. The van der Waals surface area contributed by atoms with E-state index >= 15 is 0 Å². The highest BCUT2D eigenvalue weighted by atomic mass is 16.5.